The van der Waals surface area contributed by atoms with Crippen molar-refractivity contribution in [3.8, 4) is 22.9 Å². The Kier molecular flexibility index (Phi) is 2.26. The monoisotopic (exact) mass is 242 g/mol. The summed E-state index contributed by atoms with van der Waals surface area (Å²) in [5, 5.41) is 28.1. The zero-order valence-electron chi connectivity index (χ0n) is 9.30. The van der Waals surface area contributed by atoms with Crippen molar-refractivity contribution in [1.82, 2.24) is 19.6 Å². The van der Waals surface area contributed by atoms with Crippen LogP contribution in [0.5, 0.6) is 11.5 Å². The van der Waals surface area contributed by atoms with E-state index in [-0.39, 0.29) is 11.5 Å². The smallest absolute Gasteiger partial charge is 0.143 e. The number of phenols is 2. The third-order valence-corrected chi connectivity index (χ3v) is 2.58. The Bertz CT molecular complexity index is 600. The van der Waals surface area contributed by atoms with Crippen LogP contribution in [0.15, 0.2) is 49.1 Å². The molecular formula is C12H10N4O2. The van der Waals surface area contributed by atoms with Crippen LogP contribution < -0.4 is 0 Å². The van der Waals surface area contributed by atoms with Crippen LogP contribution in [-0.4, -0.2) is 29.8 Å². The van der Waals surface area contributed by atoms with E-state index in [1.165, 1.54) is 21.5 Å². The van der Waals surface area contributed by atoms with Crippen LogP contribution in [0.1, 0.15) is 0 Å². The van der Waals surface area contributed by atoms with Gasteiger partial charge in [-0.2, -0.15) is 10.2 Å². The number of hydrogen-bond donors (Lipinski definition) is 2. The molecule has 0 unspecified atom stereocenters. The SMILES string of the molecule is Oc1ccc(O)c(-n2cccn2)c1-n1cccn1. The van der Waals surface area contributed by atoms with Gasteiger partial charge in [0.25, 0.3) is 0 Å². The Labute approximate surface area is 102 Å². The second-order valence-electron chi connectivity index (χ2n) is 3.70. The molecular weight excluding hydrogens is 232 g/mol. The van der Waals surface area contributed by atoms with Crippen molar-refractivity contribution in [2.75, 3.05) is 0 Å². The van der Waals surface area contributed by atoms with Gasteiger partial charge >= 0.3 is 0 Å². The first-order chi connectivity index (χ1) is 8.77. The van der Waals surface area contributed by atoms with Crippen LogP contribution in [0.25, 0.3) is 11.4 Å². The Balaban J connectivity index is 2.33. The van der Waals surface area contributed by atoms with Gasteiger partial charge < -0.3 is 10.2 Å². The summed E-state index contributed by atoms with van der Waals surface area (Å²) in [5.74, 6) is 0.0315. The van der Waals surface area contributed by atoms with E-state index >= 15 is 0 Å². The van der Waals surface area contributed by atoms with Crippen molar-refractivity contribution in [1.29, 1.82) is 0 Å². The first-order valence-corrected chi connectivity index (χ1v) is 5.32. The lowest BCUT2D eigenvalue weighted by Gasteiger charge is -2.13. The number of nitrogens with zero attached hydrogens (tertiary/aromatic N) is 4. The molecule has 0 spiro atoms. The molecule has 3 rings (SSSR count). The second kappa shape index (κ2) is 3.92. The molecule has 90 valence electrons. The number of phenolic OH excluding ortho intramolecular Hbond substituents is 2. The minimum Gasteiger partial charge on any atom is -0.506 e. The fourth-order valence-corrected chi connectivity index (χ4v) is 1.81. The molecule has 0 atom stereocenters. The summed E-state index contributed by atoms with van der Waals surface area (Å²) in [6.07, 6.45) is 6.55. The number of rotatable bonds is 2. The van der Waals surface area contributed by atoms with Crippen molar-refractivity contribution < 1.29 is 10.2 Å². The van der Waals surface area contributed by atoms with Gasteiger partial charge in [0.1, 0.15) is 22.9 Å². The normalized spacial score (nSPS) is 10.7. The van der Waals surface area contributed by atoms with Gasteiger partial charge in [0.15, 0.2) is 0 Å². The molecule has 3 aromatic rings. The summed E-state index contributed by atoms with van der Waals surface area (Å²) < 4.78 is 2.96. The molecule has 2 N–H and O–H groups in total. The molecule has 2 aromatic heterocycles. The molecule has 0 saturated carbocycles. The summed E-state index contributed by atoms with van der Waals surface area (Å²) in [6, 6.07) is 6.30. The number of aromatic hydroxyl groups is 2. The first kappa shape index (κ1) is 10.4. The van der Waals surface area contributed by atoms with Crippen molar-refractivity contribution in [3.63, 3.8) is 0 Å². The van der Waals surface area contributed by atoms with Gasteiger partial charge in [-0.05, 0) is 24.3 Å². The molecule has 1 aromatic carbocycles. The summed E-state index contributed by atoms with van der Waals surface area (Å²) in [5.41, 5.74) is 0.757. The summed E-state index contributed by atoms with van der Waals surface area (Å²) in [4.78, 5) is 0. The summed E-state index contributed by atoms with van der Waals surface area (Å²) >= 11 is 0. The van der Waals surface area contributed by atoms with Gasteiger partial charge in [0.2, 0.25) is 0 Å². The molecule has 0 saturated heterocycles. The van der Waals surface area contributed by atoms with Crippen molar-refractivity contribution in [2.24, 2.45) is 0 Å². The average molecular weight is 242 g/mol. The zero-order chi connectivity index (χ0) is 12.5. The first-order valence-electron chi connectivity index (χ1n) is 5.32. The Hall–Kier alpha value is -2.76. The highest BCUT2D eigenvalue weighted by Crippen LogP contribution is 2.34. The van der Waals surface area contributed by atoms with E-state index < -0.39 is 0 Å². The lowest BCUT2D eigenvalue weighted by Crippen LogP contribution is -2.04. The van der Waals surface area contributed by atoms with Gasteiger partial charge in [0.05, 0.1) is 0 Å². The van der Waals surface area contributed by atoms with E-state index in [9.17, 15) is 10.2 Å². The third-order valence-electron chi connectivity index (χ3n) is 2.58. The minimum atomic E-state index is 0.0157. The van der Waals surface area contributed by atoms with E-state index in [4.69, 9.17) is 0 Å². The Morgan fingerprint density at radius 1 is 0.778 bits per heavy atom. The van der Waals surface area contributed by atoms with Gasteiger partial charge in [-0.15, -0.1) is 0 Å². The molecule has 6 heteroatoms. The zero-order valence-corrected chi connectivity index (χ0v) is 9.30. The van der Waals surface area contributed by atoms with Gasteiger partial charge in [-0.3, -0.25) is 0 Å². The highest BCUT2D eigenvalue weighted by atomic mass is 16.3. The molecule has 0 aliphatic carbocycles. The second-order valence-corrected chi connectivity index (χ2v) is 3.70. The molecule has 0 aliphatic rings. The van der Waals surface area contributed by atoms with Crippen LogP contribution in [0.4, 0.5) is 0 Å². The van der Waals surface area contributed by atoms with Crippen LogP contribution in [0.3, 0.4) is 0 Å². The van der Waals surface area contributed by atoms with E-state index in [0.29, 0.717) is 11.4 Å². The molecule has 6 nitrogen and oxygen atoms in total. The van der Waals surface area contributed by atoms with Crippen LogP contribution in [0.2, 0.25) is 0 Å². The van der Waals surface area contributed by atoms with Crippen molar-refractivity contribution in [2.45, 2.75) is 0 Å². The summed E-state index contributed by atoms with van der Waals surface area (Å²) in [6.45, 7) is 0. The van der Waals surface area contributed by atoms with E-state index in [0.717, 1.165) is 0 Å². The molecule has 2 heterocycles. The maximum absolute atomic E-state index is 9.97. The summed E-state index contributed by atoms with van der Waals surface area (Å²) in [7, 11) is 0. The van der Waals surface area contributed by atoms with E-state index in [1.54, 1.807) is 36.9 Å². The fourth-order valence-electron chi connectivity index (χ4n) is 1.81. The maximum atomic E-state index is 9.97. The van der Waals surface area contributed by atoms with Gasteiger partial charge in [0, 0.05) is 24.8 Å². The number of aromatic nitrogens is 4. The van der Waals surface area contributed by atoms with Crippen molar-refractivity contribution in [3.05, 3.63) is 49.1 Å². The number of benzene rings is 1. The molecule has 0 bridgehead atoms. The highest BCUT2D eigenvalue weighted by Gasteiger charge is 2.16. The minimum absolute atomic E-state index is 0.0157. The molecule has 0 aliphatic heterocycles. The van der Waals surface area contributed by atoms with Crippen LogP contribution in [0, 0.1) is 0 Å². The fraction of sp³-hybridized carbons (Fsp3) is 0. The lowest BCUT2D eigenvalue weighted by atomic mass is 10.2. The Morgan fingerprint density at radius 2 is 1.22 bits per heavy atom. The topological polar surface area (TPSA) is 76.1 Å². The molecule has 0 amide bonds. The van der Waals surface area contributed by atoms with Gasteiger partial charge in [-0.1, -0.05) is 0 Å². The van der Waals surface area contributed by atoms with E-state index in [1.807, 2.05) is 0 Å². The van der Waals surface area contributed by atoms with Crippen molar-refractivity contribution >= 4 is 0 Å². The quantitative estimate of drug-likeness (QED) is 0.667. The van der Waals surface area contributed by atoms with E-state index in [2.05, 4.69) is 10.2 Å². The number of hydrogen-bond acceptors (Lipinski definition) is 4. The third kappa shape index (κ3) is 1.51. The standard InChI is InChI=1S/C12H10N4O2/c17-9-3-4-10(18)12(16-8-2-6-14-16)11(9)15-7-1-5-13-15/h1-8,17-18H. The molecule has 18 heavy (non-hydrogen) atoms. The van der Waals surface area contributed by atoms with Crippen LogP contribution >= 0.6 is 0 Å². The molecule has 0 radical (unpaired) electrons. The lowest BCUT2D eigenvalue weighted by molar-refractivity contribution is 0.452. The largest absolute Gasteiger partial charge is 0.506 e. The van der Waals surface area contributed by atoms with Gasteiger partial charge in [-0.25, -0.2) is 9.36 Å². The Morgan fingerprint density at radius 3 is 1.56 bits per heavy atom. The highest BCUT2D eigenvalue weighted by molar-refractivity contribution is 5.66. The van der Waals surface area contributed by atoms with Crippen LogP contribution in [-0.2, 0) is 0 Å². The average Bonchev–Trinajstić information content (AvgIpc) is 3.02. The predicted octanol–water partition coefficient (Wildman–Crippen LogP) is 1.47. The predicted molar refractivity (Wildman–Crippen MR) is 64.0 cm³/mol. The molecule has 0 fully saturated rings. The maximum Gasteiger partial charge on any atom is 0.143 e.